The number of hydrogen-bond acceptors (Lipinski definition) is 5. The second-order valence-electron chi connectivity index (χ2n) is 5.57. The Morgan fingerprint density at radius 1 is 1.30 bits per heavy atom. The lowest BCUT2D eigenvalue weighted by molar-refractivity contribution is -0.117. The van der Waals surface area contributed by atoms with Gasteiger partial charge in [0.15, 0.2) is 0 Å². The minimum Gasteiger partial charge on any atom is -0.284 e. The van der Waals surface area contributed by atoms with E-state index >= 15 is 0 Å². The largest absolute Gasteiger partial charge is 0.284 e. The number of anilines is 1. The fraction of sp³-hybridized carbons (Fsp3) is 0.429. The zero-order valence-electron chi connectivity index (χ0n) is 12.1. The lowest BCUT2D eigenvalue weighted by Crippen LogP contribution is -2.29. The molecule has 0 unspecified atom stereocenters. The molecule has 20 heavy (non-hydrogen) atoms. The number of hydrogen-bond donors (Lipinski definition) is 0. The van der Waals surface area contributed by atoms with E-state index in [1.54, 1.807) is 36.8 Å². The van der Waals surface area contributed by atoms with Crippen LogP contribution in [0.1, 0.15) is 31.5 Å². The van der Waals surface area contributed by atoms with Gasteiger partial charge in [0.25, 0.3) is 0 Å². The quantitative estimate of drug-likeness (QED) is 0.871. The lowest BCUT2D eigenvalue weighted by Gasteiger charge is -2.14. The fourth-order valence-electron chi connectivity index (χ4n) is 1.58. The van der Waals surface area contributed by atoms with Crippen LogP contribution in [-0.4, -0.2) is 27.9 Å². The summed E-state index contributed by atoms with van der Waals surface area (Å²) in [7, 11) is 1.68. The predicted octanol–water partition coefficient (Wildman–Crippen LogP) is 2.44. The van der Waals surface area contributed by atoms with E-state index in [0.717, 1.165) is 10.7 Å². The Kier molecular flexibility index (Phi) is 4.13. The molecule has 0 aromatic carbocycles. The van der Waals surface area contributed by atoms with Crippen molar-refractivity contribution in [2.45, 2.75) is 32.6 Å². The van der Waals surface area contributed by atoms with E-state index in [9.17, 15) is 4.79 Å². The van der Waals surface area contributed by atoms with Crippen molar-refractivity contribution in [3.8, 4) is 0 Å². The number of thiazole rings is 1. The van der Waals surface area contributed by atoms with Crippen LogP contribution in [0.5, 0.6) is 0 Å². The van der Waals surface area contributed by atoms with Crippen LogP contribution in [0.4, 0.5) is 5.95 Å². The van der Waals surface area contributed by atoms with Crippen molar-refractivity contribution in [2.75, 3.05) is 11.9 Å². The van der Waals surface area contributed by atoms with E-state index in [0.29, 0.717) is 5.95 Å². The van der Waals surface area contributed by atoms with Gasteiger partial charge in [-0.15, -0.1) is 11.3 Å². The maximum absolute atomic E-state index is 12.2. The van der Waals surface area contributed by atoms with Crippen LogP contribution in [0.3, 0.4) is 0 Å². The van der Waals surface area contributed by atoms with E-state index in [4.69, 9.17) is 0 Å². The number of carbonyl (C=O) groups is 1. The van der Waals surface area contributed by atoms with Gasteiger partial charge in [-0.2, -0.15) is 0 Å². The average molecular weight is 290 g/mol. The van der Waals surface area contributed by atoms with Crippen LogP contribution >= 0.6 is 11.3 Å². The summed E-state index contributed by atoms with van der Waals surface area (Å²) in [4.78, 5) is 26.3. The summed E-state index contributed by atoms with van der Waals surface area (Å²) in [6.07, 6.45) is 3.50. The van der Waals surface area contributed by atoms with Crippen LogP contribution < -0.4 is 4.90 Å². The molecule has 0 saturated heterocycles. The van der Waals surface area contributed by atoms with Gasteiger partial charge < -0.3 is 0 Å². The molecule has 0 atom stereocenters. The molecule has 5 nitrogen and oxygen atoms in total. The first kappa shape index (κ1) is 14.6. The summed E-state index contributed by atoms with van der Waals surface area (Å²) < 4.78 is 0. The van der Waals surface area contributed by atoms with Crippen molar-refractivity contribution in [1.82, 2.24) is 15.0 Å². The topological polar surface area (TPSA) is 59.0 Å². The molecule has 0 radical (unpaired) electrons. The molecule has 0 aliphatic rings. The molecule has 0 aliphatic carbocycles. The third-order valence-corrected chi connectivity index (χ3v) is 4.07. The second-order valence-corrected chi connectivity index (χ2v) is 6.43. The Morgan fingerprint density at radius 3 is 2.50 bits per heavy atom. The zero-order chi connectivity index (χ0) is 14.8. The Labute approximate surface area is 122 Å². The molecule has 106 valence electrons. The monoisotopic (exact) mass is 290 g/mol. The van der Waals surface area contributed by atoms with Gasteiger partial charge in [0.1, 0.15) is 0 Å². The van der Waals surface area contributed by atoms with Gasteiger partial charge in [-0.05, 0) is 6.07 Å². The summed E-state index contributed by atoms with van der Waals surface area (Å²) in [5.74, 6) is 0.339. The van der Waals surface area contributed by atoms with Crippen LogP contribution in [0.15, 0.2) is 23.8 Å². The SMILES string of the molecule is CN(C(=O)Cc1csc(C(C)(C)C)n1)c1ncccn1. The first-order valence-corrected chi connectivity index (χ1v) is 7.24. The molecule has 0 aliphatic heterocycles. The molecule has 2 aromatic rings. The molecule has 0 bridgehead atoms. The van der Waals surface area contributed by atoms with Gasteiger partial charge in [0.2, 0.25) is 11.9 Å². The van der Waals surface area contributed by atoms with Crippen LogP contribution in [-0.2, 0) is 16.6 Å². The second kappa shape index (κ2) is 5.66. The van der Waals surface area contributed by atoms with Gasteiger partial charge in [-0.3, -0.25) is 9.69 Å². The summed E-state index contributed by atoms with van der Waals surface area (Å²) in [6.45, 7) is 6.34. The van der Waals surface area contributed by atoms with Crippen molar-refractivity contribution < 1.29 is 4.79 Å². The summed E-state index contributed by atoms with van der Waals surface area (Å²) >= 11 is 1.59. The molecule has 0 saturated carbocycles. The van der Waals surface area contributed by atoms with E-state index in [1.165, 1.54) is 4.90 Å². The standard InChI is InChI=1S/C14H18N4OS/c1-14(2,3)12-17-10(9-20-12)8-11(19)18(4)13-15-6-5-7-16-13/h5-7,9H,8H2,1-4H3. The highest BCUT2D eigenvalue weighted by Gasteiger charge is 2.20. The van der Waals surface area contributed by atoms with E-state index < -0.39 is 0 Å². The summed E-state index contributed by atoms with van der Waals surface area (Å²) in [5, 5.41) is 2.98. The van der Waals surface area contributed by atoms with Crippen LogP contribution in [0, 0.1) is 0 Å². The zero-order valence-corrected chi connectivity index (χ0v) is 12.9. The molecule has 0 spiro atoms. The third kappa shape index (κ3) is 3.39. The fourth-order valence-corrected chi connectivity index (χ4v) is 2.49. The average Bonchev–Trinajstić information content (AvgIpc) is 2.87. The minimum absolute atomic E-state index is 0.0143. The molecule has 6 heteroatoms. The van der Waals surface area contributed by atoms with Crippen LogP contribution in [0.2, 0.25) is 0 Å². The van der Waals surface area contributed by atoms with Gasteiger partial charge >= 0.3 is 0 Å². The minimum atomic E-state index is -0.0676. The van der Waals surface area contributed by atoms with Gasteiger partial charge in [0.05, 0.1) is 17.1 Å². The van der Waals surface area contributed by atoms with Gasteiger partial charge in [-0.1, -0.05) is 20.8 Å². The number of rotatable bonds is 3. The third-order valence-electron chi connectivity index (χ3n) is 2.75. The number of likely N-dealkylation sites (N-methyl/N-ethyl adjacent to an activating group) is 1. The Hall–Kier alpha value is -1.82. The number of aromatic nitrogens is 3. The Morgan fingerprint density at radius 2 is 1.95 bits per heavy atom. The highest BCUT2D eigenvalue weighted by molar-refractivity contribution is 7.09. The van der Waals surface area contributed by atoms with E-state index in [1.807, 2.05) is 5.38 Å². The molecule has 0 N–H and O–H groups in total. The molecular weight excluding hydrogens is 272 g/mol. The first-order chi connectivity index (χ1) is 9.38. The van der Waals surface area contributed by atoms with Crippen molar-refractivity contribution in [3.05, 3.63) is 34.5 Å². The Bertz CT molecular complexity index is 589. The molecule has 1 amide bonds. The first-order valence-electron chi connectivity index (χ1n) is 6.36. The molecule has 0 fully saturated rings. The van der Waals surface area contributed by atoms with Gasteiger partial charge in [0, 0.05) is 30.2 Å². The number of nitrogens with zero attached hydrogens (tertiary/aromatic N) is 4. The highest BCUT2D eigenvalue weighted by Crippen LogP contribution is 2.25. The van der Waals surface area contributed by atoms with E-state index in [-0.39, 0.29) is 17.7 Å². The summed E-state index contributed by atoms with van der Waals surface area (Å²) in [6, 6.07) is 1.72. The normalized spacial score (nSPS) is 11.4. The molecule has 2 heterocycles. The smallest absolute Gasteiger partial charge is 0.235 e. The molecular formula is C14H18N4OS. The van der Waals surface area contributed by atoms with Crippen molar-refractivity contribution in [3.63, 3.8) is 0 Å². The maximum atomic E-state index is 12.2. The number of carbonyl (C=O) groups excluding carboxylic acids is 1. The van der Waals surface area contributed by atoms with E-state index in [2.05, 4.69) is 35.7 Å². The molecule has 2 aromatic heterocycles. The summed E-state index contributed by atoms with van der Waals surface area (Å²) in [5.41, 5.74) is 0.813. The number of amides is 1. The van der Waals surface area contributed by atoms with Crippen molar-refractivity contribution in [2.24, 2.45) is 0 Å². The molecule has 2 rings (SSSR count). The van der Waals surface area contributed by atoms with Crippen LogP contribution in [0.25, 0.3) is 0 Å². The lowest BCUT2D eigenvalue weighted by atomic mass is 9.98. The highest BCUT2D eigenvalue weighted by atomic mass is 32.1. The van der Waals surface area contributed by atoms with Crippen molar-refractivity contribution >= 4 is 23.2 Å². The predicted molar refractivity (Wildman–Crippen MR) is 80.0 cm³/mol. The van der Waals surface area contributed by atoms with Crippen molar-refractivity contribution in [1.29, 1.82) is 0 Å². The maximum Gasteiger partial charge on any atom is 0.235 e. The van der Waals surface area contributed by atoms with Gasteiger partial charge in [-0.25, -0.2) is 15.0 Å². The Balaban J connectivity index is 2.07.